The molecule has 0 atom stereocenters. The Bertz CT molecular complexity index is 603. The molecule has 1 aromatic carbocycles. The summed E-state index contributed by atoms with van der Waals surface area (Å²) < 4.78 is 0. The number of carbonyl (C=O) groups is 2. The van der Waals surface area contributed by atoms with Crippen LogP contribution in [-0.2, 0) is 0 Å². The van der Waals surface area contributed by atoms with Crippen molar-refractivity contribution in [2.75, 3.05) is 0 Å². The van der Waals surface area contributed by atoms with Crippen molar-refractivity contribution in [3.05, 3.63) is 53.9 Å². The molecule has 0 aliphatic carbocycles. The molecule has 0 spiro atoms. The number of rotatable bonds is 3. The fourth-order valence-electron chi connectivity index (χ4n) is 1.61. The molecule has 0 saturated heterocycles. The van der Waals surface area contributed by atoms with Crippen LogP contribution >= 0.6 is 0 Å². The zero-order chi connectivity index (χ0) is 13.1. The summed E-state index contributed by atoms with van der Waals surface area (Å²) in [6.45, 7) is 1.50. The van der Waals surface area contributed by atoms with E-state index in [4.69, 9.17) is 5.11 Å². The Morgan fingerprint density at radius 1 is 1.11 bits per heavy atom. The molecule has 4 heteroatoms. The molecule has 0 radical (unpaired) electrons. The summed E-state index contributed by atoms with van der Waals surface area (Å²) in [6, 6.07) is 10.3. The first-order chi connectivity index (χ1) is 8.58. The van der Waals surface area contributed by atoms with Crippen LogP contribution in [0, 0.1) is 0 Å². The van der Waals surface area contributed by atoms with E-state index in [0.29, 0.717) is 5.56 Å². The lowest BCUT2D eigenvalue weighted by Gasteiger charge is -2.03. The van der Waals surface area contributed by atoms with E-state index in [2.05, 4.69) is 4.98 Å². The second-order valence-electron chi connectivity index (χ2n) is 3.87. The Kier molecular flexibility index (Phi) is 3.19. The second kappa shape index (κ2) is 4.79. The minimum Gasteiger partial charge on any atom is -0.477 e. The van der Waals surface area contributed by atoms with E-state index < -0.39 is 5.97 Å². The third kappa shape index (κ3) is 2.43. The zero-order valence-corrected chi connectivity index (χ0v) is 9.75. The number of Topliss-reactive ketones (excluding diaryl/α,β-unsaturated/α-hetero) is 1. The van der Waals surface area contributed by atoms with Crippen LogP contribution in [0.15, 0.2) is 42.6 Å². The van der Waals surface area contributed by atoms with E-state index in [1.807, 2.05) is 6.07 Å². The molecule has 0 saturated carbocycles. The van der Waals surface area contributed by atoms with Crippen molar-refractivity contribution in [2.24, 2.45) is 0 Å². The van der Waals surface area contributed by atoms with E-state index in [-0.39, 0.29) is 11.5 Å². The van der Waals surface area contributed by atoms with E-state index >= 15 is 0 Å². The number of carboxylic acids is 1. The molecule has 2 aromatic rings. The average Bonchev–Trinajstić information content (AvgIpc) is 2.39. The van der Waals surface area contributed by atoms with E-state index in [0.717, 1.165) is 11.1 Å². The van der Waals surface area contributed by atoms with Crippen LogP contribution in [0.2, 0.25) is 0 Å². The zero-order valence-electron chi connectivity index (χ0n) is 9.75. The third-order valence-electron chi connectivity index (χ3n) is 2.59. The number of hydrogen-bond donors (Lipinski definition) is 1. The minimum atomic E-state index is -1.06. The van der Waals surface area contributed by atoms with Crippen molar-refractivity contribution in [1.29, 1.82) is 0 Å². The fourth-order valence-corrected chi connectivity index (χ4v) is 1.61. The van der Waals surface area contributed by atoms with Gasteiger partial charge in [0, 0.05) is 17.3 Å². The standard InChI is InChI=1S/C14H11NO3/c1-9(16)10-3-2-4-11(7-10)12-5-6-13(14(17)18)15-8-12/h2-8H,1H3,(H,17,18). The van der Waals surface area contributed by atoms with E-state index in [9.17, 15) is 9.59 Å². The summed E-state index contributed by atoms with van der Waals surface area (Å²) in [5.74, 6) is -1.06. The smallest absolute Gasteiger partial charge is 0.354 e. The highest BCUT2D eigenvalue weighted by Gasteiger charge is 2.06. The van der Waals surface area contributed by atoms with Crippen molar-refractivity contribution >= 4 is 11.8 Å². The van der Waals surface area contributed by atoms with Gasteiger partial charge in [-0.15, -0.1) is 0 Å². The number of hydrogen-bond acceptors (Lipinski definition) is 3. The molecule has 2 rings (SSSR count). The molecule has 1 aromatic heterocycles. The van der Waals surface area contributed by atoms with Gasteiger partial charge in [0.2, 0.25) is 0 Å². The van der Waals surface area contributed by atoms with Gasteiger partial charge in [0.05, 0.1) is 0 Å². The number of pyridine rings is 1. The highest BCUT2D eigenvalue weighted by molar-refractivity contribution is 5.95. The molecule has 0 bridgehead atoms. The molecular formula is C14H11NO3. The number of aromatic nitrogens is 1. The summed E-state index contributed by atoms with van der Waals surface area (Å²) in [5, 5.41) is 8.76. The Labute approximate surface area is 104 Å². The van der Waals surface area contributed by atoms with Crippen LogP contribution in [0.3, 0.4) is 0 Å². The van der Waals surface area contributed by atoms with Crippen molar-refractivity contribution < 1.29 is 14.7 Å². The van der Waals surface area contributed by atoms with Gasteiger partial charge in [-0.1, -0.05) is 24.3 Å². The van der Waals surface area contributed by atoms with Gasteiger partial charge in [0.15, 0.2) is 5.78 Å². The van der Waals surface area contributed by atoms with Gasteiger partial charge in [-0.05, 0) is 24.6 Å². The maximum atomic E-state index is 11.3. The number of carbonyl (C=O) groups excluding carboxylic acids is 1. The third-order valence-corrected chi connectivity index (χ3v) is 2.59. The maximum Gasteiger partial charge on any atom is 0.354 e. The molecule has 90 valence electrons. The van der Waals surface area contributed by atoms with Crippen LogP contribution in [-0.4, -0.2) is 21.8 Å². The maximum absolute atomic E-state index is 11.3. The number of ketones is 1. The summed E-state index contributed by atoms with van der Waals surface area (Å²) >= 11 is 0. The summed E-state index contributed by atoms with van der Waals surface area (Å²) in [6.07, 6.45) is 1.49. The molecule has 0 aliphatic rings. The van der Waals surface area contributed by atoms with Gasteiger partial charge in [0.25, 0.3) is 0 Å². The lowest BCUT2D eigenvalue weighted by molar-refractivity contribution is 0.0690. The minimum absolute atomic E-state index is 0.00136. The Hall–Kier alpha value is -2.49. The Balaban J connectivity index is 2.39. The van der Waals surface area contributed by atoms with Crippen molar-refractivity contribution in [3.8, 4) is 11.1 Å². The van der Waals surface area contributed by atoms with Gasteiger partial charge in [-0.25, -0.2) is 9.78 Å². The first-order valence-electron chi connectivity index (χ1n) is 5.38. The largest absolute Gasteiger partial charge is 0.477 e. The first kappa shape index (κ1) is 12.0. The molecule has 4 nitrogen and oxygen atoms in total. The highest BCUT2D eigenvalue weighted by atomic mass is 16.4. The summed E-state index contributed by atoms with van der Waals surface area (Å²) in [4.78, 5) is 25.8. The molecule has 0 unspecified atom stereocenters. The average molecular weight is 241 g/mol. The lowest BCUT2D eigenvalue weighted by Crippen LogP contribution is -1.99. The number of aromatic carboxylic acids is 1. The molecule has 0 fully saturated rings. The molecule has 1 heterocycles. The second-order valence-corrected chi connectivity index (χ2v) is 3.87. The van der Waals surface area contributed by atoms with Gasteiger partial charge in [-0.3, -0.25) is 4.79 Å². The normalized spacial score (nSPS) is 10.1. The number of nitrogens with zero attached hydrogens (tertiary/aromatic N) is 1. The summed E-state index contributed by atoms with van der Waals surface area (Å²) in [5.41, 5.74) is 2.24. The van der Waals surface area contributed by atoms with E-state index in [1.54, 1.807) is 24.3 Å². The monoisotopic (exact) mass is 241 g/mol. The van der Waals surface area contributed by atoms with Crippen LogP contribution in [0.1, 0.15) is 27.8 Å². The predicted octanol–water partition coefficient (Wildman–Crippen LogP) is 2.65. The highest BCUT2D eigenvalue weighted by Crippen LogP contribution is 2.20. The molecule has 0 amide bonds. The van der Waals surface area contributed by atoms with Crippen LogP contribution in [0.25, 0.3) is 11.1 Å². The van der Waals surface area contributed by atoms with E-state index in [1.165, 1.54) is 19.2 Å². The quantitative estimate of drug-likeness (QED) is 0.839. The first-order valence-corrected chi connectivity index (χ1v) is 5.38. The Morgan fingerprint density at radius 2 is 1.89 bits per heavy atom. The number of carboxylic acid groups (broad SMARTS) is 1. The van der Waals surface area contributed by atoms with Crippen LogP contribution in [0.4, 0.5) is 0 Å². The van der Waals surface area contributed by atoms with Gasteiger partial charge >= 0.3 is 5.97 Å². The van der Waals surface area contributed by atoms with Crippen LogP contribution < -0.4 is 0 Å². The topological polar surface area (TPSA) is 67.3 Å². The fraction of sp³-hybridized carbons (Fsp3) is 0.0714. The van der Waals surface area contributed by atoms with Crippen LogP contribution in [0.5, 0.6) is 0 Å². The Morgan fingerprint density at radius 3 is 2.44 bits per heavy atom. The van der Waals surface area contributed by atoms with Gasteiger partial charge < -0.3 is 5.11 Å². The van der Waals surface area contributed by atoms with Crippen molar-refractivity contribution in [1.82, 2.24) is 4.98 Å². The predicted molar refractivity (Wildman–Crippen MR) is 66.6 cm³/mol. The molecule has 1 N–H and O–H groups in total. The molecular weight excluding hydrogens is 230 g/mol. The van der Waals surface area contributed by atoms with Crippen molar-refractivity contribution in [2.45, 2.75) is 6.92 Å². The SMILES string of the molecule is CC(=O)c1cccc(-c2ccc(C(=O)O)nc2)c1. The van der Waals surface area contributed by atoms with Crippen molar-refractivity contribution in [3.63, 3.8) is 0 Å². The van der Waals surface area contributed by atoms with Gasteiger partial charge in [-0.2, -0.15) is 0 Å². The lowest BCUT2D eigenvalue weighted by atomic mass is 10.0. The van der Waals surface area contributed by atoms with Gasteiger partial charge in [0.1, 0.15) is 5.69 Å². The molecule has 18 heavy (non-hydrogen) atoms. The number of benzene rings is 1. The summed E-state index contributed by atoms with van der Waals surface area (Å²) in [7, 11) is 0. The molecule has 0 aliphatic heterocycles.